The number of carbonyl (C=O) groups is 5. The molecule has 0 spiro atoms. The van der Waals surface area contributed by atoms with Crippen molar-refractivity contribution in [3.63, 3.8) is 0 Å². The summed E-state index contributed by atoms with van der Waals surface area (Å²) in [5, 5.41) is 39.0. The van der Waals surface area contributed by atoms with Crippen LogP contribution in [0.4, 0.5) is 5.69 Å². The van der Waals surface area contributed by atoms with Crippen LogP contribution < -0.4 is 4.74 Å². The molecule has 17 nitrogen and oxygen atoms in total. The number of nitro benzene ring substituents is 1. The van der Waals surface area contributed by atoms with Gasteiger partial charge in [-0.15, -0.1) is 0 Å². The van der Waals surface area contributed by atoms with Crippen molar-refractivity contribution in [1.82, 2.24) is 24.5 Å². The second kappa shape index (κ2) is 21.1. The van der Waals surface area contributed by atoms with Gasteiger partial charge in [0.1, 0.15) is 12.3 Å². The number of amides is 1. The van der Waals surface area contributed by atoms with E-state index in [9.17, 15) is 49.4 Å². The van der Waals surface area contributed by atoms with Crippen molar-refractivity contribution in [2.75, 3.05) is 91.6 Å². The van der Waals surface area contributed by atoms with Crippen LogP contribution in [0.25, 0.3) is 0 Å². The average Bonchev–Trinajstić information content (AvgIpc) is 2.93. The number of aliphatic carboxylic acids is 3. The molecule has 0 atom stereocenters. The third-order valence-corrected chi connectivity index (χ3v) is 6.90. The third kappa shape index (κ3) is 16.6. The molecule has 1 amide bonds. The molecule has 18 heteroatoms. The van der Waals surface area contributed by atoms with Gasteiger partial charge in [-0.25, -0.2) is 4.79 Å². The first-order valence-corrected chi connectivity index (χ1v) is 14.5. The zero-order chi connectivity index (χ0) is 33.5. The van der Waals surface area contributed by atoms with Crippen molar-refractivity contribution in [1.29, 1.82) is 0 Å². The Morgan fingerprint density at radius 1 is 0.761 bits per heavy atom. The fourth-order valence-electron chi connectivity index (χ4n) is 4.73. The van der Waals surface area contributed by atoms with Crippen LogP contribution in [0, 0.1) is 56.0 Å². The molecule has 46 heavy (non-hydrogen) atoms. The Balaban J connectivity index is 0.0000106. The molecule has 1 saturated heterocycles. The third-order valence-electron chi connectivity index (χ3n) is 6.90. The molecule has 0 bridgehead atoms. The summed E-state index contributed by atoms with van der Waals surface area (Å²) in [6.07, 6.45) is 0. The summed E-state index contributed by atoms with van der Waals surface area (Å²) in [7, 11) is 0. The number of hydrogen-bond donors (Lipinski definition) is 3. The van der Waals surface area contributed by atoms with Gasteiger partial charge in [0.15, 0.2) is 0 Å². The van der Waals surface area contributed by atoms with Gasteiger partial charge in [0.2, 0.25) is 5.91 Å². The zero-order valence-electron chi connectivity index (χ0n) is 25.9. The number of esters is 1. The van der Waals surface area contributed by atoms with Gasteiger partial charge in [0, 0.05) is 111 Å². The van der Waals surface area contributed by atoms with Crippen LogP contribution in [0.1, 0.15) is 13.8 Å². The molecule has 0 unspecified atom stereocenters. The zero-order valence-corrected chi connectivity index (χ0v) is 28.2. The van der Waals surface area contributed by atoms with E-state index in [-0.39, 0.29) is 149 Å². The molecule has 0 aromatic heterocycles. The van der Waals surface area contributed by atoms with Crippen molar-refractivity contribution in [3.05, 3.63) is 34.4 Å². The fraction of sp³-hybridized carbons (Fsp3) is 0.607. The minimum absolute atomic E-state index is 0. The Labute approximate surface area is 298 Å². The van der Waals surface area contributed by atoms with E-state index < -0.39 is 34.7 Å². The van der Waals surface area contributed by atoms with E-state index >= 15 is 0 Å². The maximum absolute atomic E-state index is 13.5. The number of carboxylic acids is 3. The summed E-state index contributed by atoms with van der Waals surface area (Å²) in [6, 6.07) is 4.96. The number of hydrogen-bond acceptors (Lipinski definition) is 12. The Morgan fingerprint density at radius 3 is 1.46 bits per heavy atom. The van der Waals surface area contributed by atoms with Gasteiger partial charge in [0.25, 0.3) is 5.69 Å². The molecule has 0 saturated carbocycles. The second-order valence-electron chi connectivity index (χ2n) is 11.2. The van der Waals surface area contributed by atoms with Gasteiger partial charge in [-0.3, -0.25) is 48.9 Å². The van der Waals surface area contributed by atoms with Crippen LogP contribution in [0.5, 0.6) is 5.75 Å². The van der Waals surface area contributed by atoms with Crippen molar-refractivity contribution in [3.8, 4) is 5.75 Å². The summed E-state index contributed by atoms with van der Waals surface area (Å²) >= 11 is 0. The molecular weight excluding hydrogens is 754 g/mol. The molecule has 3 N–H and O–H groups in total. The van der Waals surface area contributed by atoms with Gasteiger partial charge in [0.05, 0.1) is 31.1 Å². The first kappa shape index (κ1) is 41.2. The van der Waals surface area contributed by atoms with Crippen LogP contribution in [-0.2, 0) is 24.0 Å². The van der Waals surface area contributed by atoms with E-state index in [4.69, 9.17) is 4.74 Å². The summed E-state index contributed by atoms with van der Waals surface area (Å²) in [5.41, 5.74) is -0.168. The number of non-ortho nitro benzene ring substituents is 1. The van der Waals surface area contributed by atoms with Crippen LogP contribution in [0.2, 0.25) is 0 Å². The van der Waals surface area contributed by atoms with Gasteiger partial charge in [-0.05, 0) is 18.1 Å². The fourth-order valence-corrected chi connectivity index (χ4v) is 4.73. The largest absolute Gasteiger partial charge is 0.480 e. The minimum Gasteiger partial charge on any atom is -0.480 e. The monoisotopic (exact) mass is 796 g/mol. The van der Waals surface area contributed by atoms with Crippen molar-refractivity contribution >= 4 is 35.5 Å². The smallest absolute Gasteiger partial charge is 0.331 e. The molecule has 2 rings (SSSR count). The Kier molecular flexibility index (Phi) is 18.9. The molecule has 1 fully saturated rings. The van der Waals surface area contributed by atoms with E-state index in [2.05, 4.69) is 0 Å². The number of rotatable bonds is 14. The summed E-state index contributed by atoms with van der Waals surface area (Å²) in [6.45, 7) is 4.59. The second-order valence-corrected chi connectivity index (χ2v) is 11.2. The van der Waals surface area contributed by atoms with E-state index in [1.807, 2.05) is 13.8 Å². The number of nitro groups is 1. The first-order valence-electron chi connectivity index (χ1n) is 14.5. The molecule has 258 valence electrons. The first-order chi connectivity index (χ1) is 21.2. The predicted molar refractivity (Wildman–Crippen MR) is 159 cm³/mol. The predicted octanol–water partition coefficient (Wildman–Crippen LogP) is -0.540. The van der Waals surface area contributed by atoms with Crippen LogP contribution in [0.15, 0.2) is 24.3 Å². The Bertz CT molecular complexity index is 1150. The summed E-state index contributed by atoms with van der Waals surface area (Å²) in [5.74, 6) is -4.21. The standard InChI is InChI=1S/C28H42N6O11.Gd/c1-21(2)15-33(20-28(42)45-23-5-3-22(4-6-23)34(43)44)24(35)16-29-7-9-30(17-25(36)37)11-13-32(19-27(40)41)14-12-31(10-8-29)18-26(38)39;/h3-6,21H,7-20H2,1-2H3,(H,36,37)(H,38,39)(H,40,41);. The molecule has 1 aliphatic heterocycles. The van der Waals surface area contributed by atoms with Crippen LogP contribution >= 0.6 is 0 Å². The molecule has 1 aromatic rings. The number of ether oxygens (including phenoxy) is 1. The maximum Gasteiger partial charge on any atom is 0.331 e. The van der Waals surface area contributed by atoms with Crippen molar-refractivity contribution < 1.29 is 88.9 Å². The van der Waals surface area contributed by atoms with Gasteiger partial charge in [-0.2, -0.15) is 0 Å². The van der Waals surface area contributed by atoms with Gasteiger partial charge >= 0.3 is 23.9 Å². The molecular formula is C28H42GdN6O11. The van der Waals surface area contributed by atoms with Crippen LogP contribution in [0.3, 0.4) is 0 Å². The molecule has 1 aliphatic rings. The molecule has 1 aromatic carbocycles. The molecule has 1 heterocycles. The summed E-state index contributed by atoms with van der Waals surface area (Å²) < 4.78 is 5.29. The topological polar surface area (TPSA) is 215 Å². The van der Waals surface area contributed by atoms with Gasteiger partial charge < -0.3 is 25.0 Å². The quantitative estimate of drug-likeness (QED) is 0.0934. The van der Waals surface area contributed by atoms with Crippen LogP contribution in [-0.4, -0.2) is 166 Å². The van der Waals surface area contributed by atoms with E-state index in [1.165, 1.54) is 29.2 Å². The van der Waals surface area contributed by atoms with Crippen molar-refractivity contribution in [2.24, 2.45) is 5.92 Å². The Morgan fingerprint density at radius 2 is 1.13 bits per heavy atom. The molecule has 0 aliphatic carbocycles. The minimum atomic E-state index is -1.06. The molecule has 0 radical (unpaired) electrons. The average molecular weight is 796 g/mol. The number of benzene rings is 1. The van der Waals surface area contributed by atoms with Crippen molar-refractivity contribution in [2.45, 2.75) is 13.8 Å². The SMILES string of the molecule is CC(C)CN(CC(=O)Oc1ccc([N+](=O)[O-])cc1)C(=O)CN1CCN(CC(=O)O)CCN(CC(=O)O)CCN(CC(=O)O)CC1.[Gd]. The van der Waals surface area contributed by atoms with E-state index in [0.717, 1.165) is 0 Å². The number of carboxylic acid groups (broad SMARTS) is 3. The number of carbonyl (C=O) groups excluding carboxylic acids is 2. The Hall–Kier alpha value is -2.87. The van der Waals surface area contributed by atoms with Gasteiger partial charge in [-0.1, -0.05) is 13.8 Å². The van der Waals surface area contributed by atoms with E-state index in [0.29, 0.717) is 0 Å². The van der Waals surface area contributed by atoms with E-state index in [1.54, 1.807) is 19.6 Å². The number of nitrogens with zero attached hydrogens (tertiary/aromatic N) is 6. The summed E-state index contributed by atoms with van der Waals surface area (Å²) in [4.78, 5) is 79.0. The maximum atomic E-state index is 13.5. The normalized spacial score (nSPS) is 16.0.